The Labute approximate surface area is 160 Å². The third kappa shape index (κ3) is 4.47. The van der Waals surface area contributed by atoms with Crippen LogP contribution in [0.25, 0.3) is 11.4 Å². The molecule has 142 valence electrons. The summed E-state index contributed by atoms with van der Waals surface area (Å²) in [6.07, 6.45) is 0.505. The molecule has 0 aliphatic carbocycles. The lowest BCUT2D eigenvalue weighted by molar-refractivity contribution is -0.385. The van der Waals surface area contributed by atoms with Gasteiger partial charge in [0.25, 0.3) is 11.2 Å². The van der Waals surface area contributed by atoms with E-state index in [2.05, 4.69) is 15.3 Å². The highest BCUT2D eigenvalue weighted by atomic mass is 16.6. The molecule has 0 aliphatic heterocycles. The fraction of sp³-hybridized carbons (Fsp3) is 0.150. The molecule has 0 atom stereocenters. The number of nitrogens with zero attached hydrogens (tertiary/aromatic N) is 2. The van der Waals surface area contributed by atoms with Crippen LogP contribution in [-0.4, -0.2) is 20.8 Å². The van der Waals surface area contributed by atoms with Crippen molar-refractivity contribution in [1.82, 2.24) is 9.97 Å². The molecule has 0 fully saturated rings. The van der Waals surface area contributed by atoms with E-state index in [4.69, 9.17) is 0 Å². The van der Waals surface area contributed by atoms with Crippen molar-refractivity contribution in [2.24, 2.45) is 0 Å². The van der Waals surface area contributed by atoms with Crippen LogP contribution in [0.15, 0.2) is 59.4 Å². The average Bonchev–Trinajstić information content (AvgIpc) is 2.67. The van der Waals surface area contributed by atoms with Gasteiger partial charge in [-0.2, -0.15) is 0 Å². The lowest BCUT2D eigenvalue weighted by Gasteiger charge is -2.08. The van der Waals surface area contributed by atoms with Gasteiger partial charge in [0.1, 0.15) is 5.82 Å². The van der Waals surface area contributed by atoms with Crippen molar-refractivity contribution in [3.8, 4) is 11.4 Å². The highest BCUT2D eigenvalue weighted by Gasteiger charge is 2.15. The number of hydrogen-bond acceptors (Lipinski definition) is 5. The molecule has 3 aromatic rings. The van der Waals surface area contributed by atoms with Crippen LogP contribution >= 0.6 is 0 Å². The van der Waals surface area contributed by atoms with Crippen molar-refractivity contribution in [3.05, 3.63) is 86.3 Å². The van der Waals surface area contributed by atoms with Crippen LogP contribution in [0.3, 0.4) is 0 Å². The van der Waals surface area contributed by atoms with Gasteiger partial charge in [-0.15, -0.1) is 0 Å². The standard InChI is InChI=1S/C20H18N4O4/c1-2-15-12-19(26)23-20(22-15)14-7-5-8-16(10-14)21-18(25)11-13-6-3-4-9-17(13)24(27)28/h3-10,12H,2,11H2,1H3,(H,21,25)(H,22,23,26). The first kappa shape index (κ1) is 19.0. The number of aromatic amines is 1. The normalized spacial score (nSPS) is 10.5. The lowest BCUT2D eigenvalue weighted by atomic mass is 10.1. The number of nitrogens with one attached hydrogen (secondary N) is 2. The third-order valence-electron chi connectivity index (χ3n) is 4.12. The zero-order valence-corrected chi connectivity index (χ0v) is 15.1. The highest BCUT2D eigenvalue weighted by molar-refractivity contribution is 5.93. The molecule has 0 spiro atoms. The van der Waals surface area contributed by atoms with E-state index in [1.807, 2.05) is 6.92 Å². The van der Waals surface area contributed by atoms with Crippen LogP contribution in [0.4, 0.5) is 11.4 Å². The molecular formula is C20H18N4O4. The van der Waals surface area contributed by atoms with Gasteiger partial charge in [0.15, 0.2) is 0 Å². The van der Waals surface area contributed by atoms with Crippen LogP contribution in [0.2, 0.25) is 0 Å². The molecule has 1 heterocycles. The number of carbonyl (C=O) groups is 1. The van der Waals surface area contributed by atoms with E-state index in [-0.39, 0.29) is 23.6 Å². The summed E-state index contributed by atoms with van der Waals surface area (Å²) in [5, 5.41) is 13.8. The Morgan fingerprint density at radius 2 is 1.96 bits per heavy atom. The predicted molar refractivity (Wildman–Crippen MR) is 105 cm³/mol. The van der Waals surface area contributed by atoms with Gasteiger partial charge in [0, 0.05) is 34.6 Å². The number of aromatic nitrogens is 2. The van der Waals surface area contributed by atoms with E-state index in [1.165, 1.54) is 12.1 Å². The molecular weight excluding hydrogens is 360 g/mol. The van der Waals surface area contributed by atoms with Crippen LogP contribution in [0.5, 0.6) is 0 Å². The molecule has 8 nitrogen and oxygen atoms in total. The molecule has 1 aromatic heterocycles. The van der Waals surface area contributed by atoms with Crippen molar-refractivity contribution in [3.63, 3.8) is 0 Å². The Morgan fingerprint density at radius 3 is 2.71 bits per heavy atom. The number of benzene rings is 2. The molecule has 0 saturated heterocycles. The smallest absolute Gasteiger partial charge is 0.273 e. The van der Waals surface area contributed by atoms with E-state index in [0.717, 1.165) is 0 Å². The molecule has 2 N–H and O–H groups in total. The molecule has 0 aliphatic rings. The van der Waals surface area contributed by atoms with E-state index in [1.54, 1.807) is 42.5 Å². The summed E-state index contributed by atoms with van der Waals surface area (Å²) in [5.74, 6) is 0.0364. The topological polar surface area (TPSA) is 118 Å². The van der Waals surface area contributed by atoms with Crippen molar-refractivity contribution >= 4 is 17.3 Å². The minimum absolute atomic E-state index is 0.0930. The fourth-order valence-corrected chi connectivity index (χ4v) is 2.79. The summed E-state index contributed by atoms with van der Waals surface area (Å²) in [7, 11) is 0. The Balaban J connectivity index is 1.80. The number of nitro groups is 1. The molecule has 28 heavy (non-hydrogen) atoms. The molecule has 0 unspecified atom stereocenters. The average molecular weight is 378 g/mol. The maximum absolute atomic E-state index is 12.4. The molecule has 1 amide bonds. The highest BCUT2D eigenvalue weighted by Crippen LogP contribution is 2.21. The summed E-state index contributed by atoms with van der Waals surface area (Å²) in [5.41, 5.74) is 1.83. The van der Waals surface area contributed by atoms with Gasteiger partial charge in [-0.05, 0) is 18.6 Å². The number of aryl methyl sites for hydroxylation is 1. The second-order valence-electron chi connectivity index (χ2n) is 6.13. The maximum Gasteiger partial charge on any atom is 0.273 e. The largest absolute Gasteiger partial charge is 0.326 e. The van der Waals surface area contributed by atoms with Crippen molar-refractivity contribution in [1.29, 1.82) is 0 Å². The van der Waals surface area contributed by atoms with Crippen LogP contribution in [0, 0.1) is 10.1 Å². The Bertz CT molecular complexity index is 1090. The Kier molecular flexibility index (Phi) is 5.59. The zero-order valence-electron chi connectivity index (χ0n) is 15.1. The minimum atomic E-state index is -0.508. The van der Waals surface area contributed by atoms with Gasteiger partial charge >= 0.3 is 0 Å². The second-order valence-corrected chi connectivity index (χ2v) is 6.13. The minimum Gasteiger partial charge on any atom is -0.326 e. The molecule has 3 rings (SSSR count). The third-order valence-corrected chi connectivity index (χ3v) is 4.12. The second kappa shape index (κ2) is 8.26. The molecule has 0 saturated carbocycles. The molecule has 0 bridgehead atoms. The quantitative estimate of drug-likeness (QED) is 0.505. The van der Waals surface area contributed by atoms with Crippen LogP contribution in [0.1, 0.15) is 18.2 Å². The summed E-state index contributed by atoms with van der Waals surface area (Å²) in [6, 6.07) is 14.5. The van der Waals surface area contributed by atoms with Crippen LogP contribution in [-0.2, 0) is 17.6 Å². The molecule has 8 heteroatoms. The summed E-state index contributed by atoms with van der Waals surface area (Å²) < 4.78 is 0. The van der Waals surface area contributed by atoms with Crippen molar-refractivity contribution in [2.75, 3.05) is 5.32 Å². The fourth-order valence-electron chi connectivity index (χ4n) is 2.79. The maximum atomic E-state index is 12.4. The number of anilines is 1. The van der Waals surface area contributed by atoms with Gasteiger partial charge in [-0.1, -0.05) is 37.3 Å². The van der Waals surface area contributed by atoms with E-state index < -0.39 is 4.92 Å². The van der Waals surface area contributed by atoms with Crippen molar-refractivity contribution in [2.45, 2.75) is 19.8 Å². The Hall–Kier alpha value is -3.81. The van der Waals surface area contributed by atoms with Gasteiger partial charge < -0.3 is 10.3 Å². The zero-order chi connectivity index (χ0) is 20.1. The van der Waals surface area contributed by atoms with E-state index in [0.29, 0.717) is 34.8 Å². The number of carbonyl (C=O) groups excluding carboxylic acids is 1. The number of nitro benzene ring substituents is 1. The van der Waals surface area contributed by atoms with Gasteiger partial charge in [0.2, 0.25) is 5.91 Å². The number of hydrogen-bond donors (Lipinski definition) is 2. The first-order chi connectivity index (χ1) is 13.5. The molecule has 0 radical (unpaired) electrons. The monoisotopic (exact) mass is 378 g/mol. The number of H-pyrrole nitrogens is 1. The number of amides is 1. The van der Waals surface area contributed by atoms with Crippen molar-refractivity contribution < 1.29 is 9.72 Å². The summed E-state index contributed by atoms with van der Waals surface area (Å²) in [6.45, 7) is 1.91. The lowest BCUT2D eigenvalue weighted by Crippen LogP contribution is -2.15. The predicted octanol–water partition coefficient (Wildman–Crippen LogP) is 3.09. The molecule has 2 aromatic carbocycles. The number of rotatable bonds is 6. The van der Waals surface area contributed by atoms with E-state index >= 15 is 0 Å². The first-order valence-corrected chi connectivity index (χ1v) is 8.69. The van der Waals surface area contributed by atoms with Gasteiger partial charge in [0.05, 0.1) is 11.3 Å². The van der Waals surface area contributed by atoms with E-state index in [9.17, 15) is 19.7 Å². The first-order valence-electron chi connectivity index (χ1n) is 8.69. The Morgan fingerprint density at radius 1 is 1.18 bits per heavy atom. The number of para-hydroxylation sites is 1. The summed E-state index contributed by atoms with van der Waals surface area (Å²) >= 11 is 0. The van der Waals surface area contributed by atoms with Gasteiger partial charge in [-0.3, -0.25) is 19.7 Å². The van der Waals surface area contributed by atoms with Crippen LogP contribution < -0.4 is 10.9 Å². The van der Waals surface area contributed by atoms with Gasteiger partial charge in [-0.25, -0.2) is 4.98 Å². The summed E-state index contributed by atoms with van der Waals surface area (Å²) in [4.78, 5) is 41.8. The SMILES string of the molecule is CCc1cc(=O)[nH]c(-c2cccc(NC(=O)Cc3ccccc3[N+](=O)[O-])c2)n1.